The minimum atomic E-state index is -0.0288. The van der Waals surface area contributed by atoms with Crippen molar-refractivity contribution in [3.63, 3.8) is 0 Å². The summed E-state index contributed by atoms with van der Waals surface area (Å²) in [4.78, 5) is 11.4. The Morgan fingerprint density at radius 1 is 1.21 bits per heavy atom. The summed E-state index contributed by atoms with van der Waals surface area (Å²) in [5.74, 6) is 0.669. The summed E-state index contributed by atoms with van der Waals surface area (Å²) < 4.78 is 4.80. The zero-order chi connectivity index (χ0) is 14.2. The Kier molecular flexibility index (Phi) is 3.98. The maximum Gasteiger partial charge on any atom is 0.308 e. The highest BCUT2D eigenvalue weighted by molar-refractivity contribution is 5.75. The van der Waals surface area contributed by atoms with Gasteiger partial charge in [-0.2, -0.15) is 0 Å². The average Bonchev–Trinajstić information content (AvgIpc) is 3.15. The largest absolute Gasteiger partial charge is 0.469 e. The fourth-order valence-corrected chi connectivity index (χ4v) is 3.01. The maximum absolute atomic E-state index is 11.4. The van der Waals surface area contributed by atoms with Crippen molar-refractivity contribution >= 4 is 5.97 Å². The van der Waals surface area contributed by atoms with Crippen LogP contribution in [0.3, 0.4) is 0 Å². The predicted octanol–water partition coefficient (Wildman–Crippen LogP) is 3.66. The average molecular weight is 260 g/mol. The Hall–Kier alpha value is -1.31. The second-order valence-electron chi connectivity index (χ2n) is 5.90. The molecule has 0 saturated heterocycles. The normalized spacial score (nSPS) is 21.3. The number of carbonyl (C=O) groups excluding carboxylic acids is 1. The van der Waals surface area contributed by atoms with Crippen molar-refractivity contribution < 1.29 is 9.53 Å². The van der Waals surface area contributed by atoms with Crippen LogP contribution in [0.15, 0.2) is 6.07 Å². The van der Waals surface area contributed by atoms with Crippen LogP contribution >= 0.6 is 0 Å². The number of aryl methyl sites for hydroxylation is 2. The molecule has 1 aliphatic rings. The molecule has 1 aromatic carbocycles. The highest BCUT2D eigenvalue weighted by Gasteiger charge is 2.43. The molecule has 19 heavy (non-hydrogen) atoms. The molecule has 2 rings (SSSR count). The minimum Gasteiger partial charge on any atom is -0.469 e. The van der Waals surface area contributed by atoms with Crippen LogP contribution < -0.4 is 0 Å². The number of benzene rings is 1. The zero-order valence-electron chi connectivity index (χ0n) is 12.7. The second kappa shape index (κ2) is 5.36. The van der Waals surface area contributed by atoms with Gasteiger partial charge in [-0.3, -0.25) is 4.79 Å². The van der Waals surface area contributed by atoms with Crippen LogP contribution in [0.4, 0.5) is 0 Å². The van der Waals surface area contributed by atoms with E-state index in [1.807, 2.05) is 0 Å². The summed E-state index contributed by atoms with van der Waals surface area (Å²) in [6, 6.07) is 2.27. The molecule has 0 spiro atoms. The van der Waals surface area contributed by atoms with Crippen molar-refractivity contribution in [2.75, 3.05) is 7.11 Å². The van der Waals surface area contributed by atoms with E-state index in [1.165, 1.54) is 34.9 Å². The molecule has 0 bridgehead atoms. The Bertz CT molecular complexity index is 476. The van der Waals surface area contributed by atoms with Gasteiger partial charge in [0.1, 0.15) is 0 Å². The summed E-state index contributed by atoms with van der Waals surface area (Å²) in [6.45, 7) is 8.78. The first kappa shape index (κ1) is 14.1. The number of esters is 1. The van der Waals surface area contributed by atoms with Crippen LogP contribution in [0.5, 0.6) is 0 Å². The molecule has 1 aliphatic carbocycles. The number of hydrogen-bond donors (Lipinski definition) is 0. The van der Waals surface area contributed by atoms with E-state index in [0.717, 1.165) is 19.3 Å². The van der Waals surface area contributed by atoms with Crippen molar-refractivity contribution in [2.24, 2.45) is 11.8 Å². The topological polar surface area (TPSA) is 26.3 Å². The van der Waals surface area contributed by atoms with Crippen LogP contribution in [0.1, 0.15) is 40.7 Å². The van der Waals surface area contributed by atoms with Gasteiger partial charge in [0.25, 0.3) is 0 Å². The molecule has 0 aromatic heterocycles. The van der Waals surface area contributed by atoms with Crippen molar-refractivity contribution in [3.05, 3.63) is 33.9 Å². The van der Waals surface area contributed by atoms with Crippen LogP contribution in [0.25, 0.3) is 0 Å². The van der Waals surface area contributed by atoms with Gasteiger partial charge in [-0.15, -0.1) is 0 Å². The van der Waals surface area contributed by atoms with Crippen molar-refractivity contribution in [2.45, 2.75) is 47.0 Å². The van der Waals surface area contributed by atoms with Crippen LogP contribution in [-0.4, -0.2) is 13.1 Å². The molecule has 1 aromatic rings. The lowest BCUT2D eigenvalue weighted by molar-refractivity contribution is -0.142. The highest BCUT2D eigenvalue weighted by Crippen LogP contribution is 2.43. The van der Waals surface area contributed by atoms with Gasteiger partial charge in [0, 0.05) is 0 Å². The molecule has 2 heteroatoms. The first-order chi connectivity index (χ1) is 8.95. The molecule has 2 atom stereocenters. The van der Waals surface area contributed by atoms with Gasteiger partial charge in [-0.25, -0.2) is 0 Å². The van der Waals surface area contributed by atoms with E-state index in [2.05, 4.69) is 33.8 Å². The van der Waals surface area contributed by atoms with Gasteiger partial charge >= 0.3 is 5.97 Å². The molecule has 2 unspecified atom stereocenters. The predicted molar refractivity (Wildman–Crippen MR) is 77.3 cm³/mol. The molecule has 0 amide bonds. The number of hydrogen-bond acceptors (Lipinski definition) is 2. The third-order valence-electron chi connectivity index (χ3n) is 4.71. The summed E-state index contributed by atoms with van der Waals surface area (Å²) in [5, 5.41) is 0. The summed E-state index contributed by atoms with van der Waals surface area (Å²) in [6.07, 6.45) is 3.19. The first-order valence-corrected chi connectivity index (χ1v) is 7.09. The van der Waals surface area contributed by atoms with E-state index in [4.69, 9.17) is 4.74 Å². The minimum absolute atomic E-state index is 0.0288. The van der Waals surface area contributed by atoms with E-state index in [0.29, 0.717) is 5.92 Å². The van der Waals surface area contributed by atoms with Crippen molar-refractivity contribution in [1.29, 1.82) is 0 Å². The Balaban J connectivity index is 2.03. The number of ether oxygens (including phenoxy) is 1. The lowest BCUT2D eigenvalue weighted by atomic mass is 9.91. The molecule has 0 aliphatic heterocycles. The molecule has 104 valence electrons. The van der Waals surface area contributed by atoms with Crippen LogP contribution in [0.2, 0.25) is 0 Å². The van der Waals surface area contributed by atoms with Gasteiger partial charge in [-0.05, 0) is 80.7 Å². The number of carbonyl (C=O) groups is 1. The van der Waals surface area contributed by atoms with Crippen LogP contribution in [0, 0.1) is 39.5 Å². The SMILES string of the molecule is COC(=O)C1CC1CCc1c(C)c(C)cc(C)c1C. The van der Waals surface area contributed by atoms with E-state index in [1.54, 1.807) is 0 Å². The molecule has 0 heterocycles. The van der Waals surface area contributed by atoms with Gasteiger partial charge in [0.05, 0.1) is 13.0 Å². The molecular weight excluding hydrogens is 236 g/mol. The molecule has 0 radical (unpaired) electrons. The van der Waals surface area contributed by atoms with Crippen LogP contribution in [-0.2, 0) is 16.0 Å². The second-order valence-corrected chi connectivity index (χ2v) is 5.90. The van der Waals surface area contributed by atoms with E-state index in [-0.39, 0.29) is 11.9 Å². The maximum atomic E-state index is 11.4. The molecule has 0 N–H and O–H groups in total. The summed E-state index contributed by atoms with van der Waals surface area (Å²) in [5.41, 5.74) is 7.06. The smallest absolute Gasteiger partial charge is 0.308 e. The Labute approximate surface area is 116 Å². The van der Waals surface area contributed by atoms with Gasteiger partial charge in [0.2, 0.25) is 0 Å². The standard InChI is InChI=1S/C17H24O2/c1-10-8-11(2)13(4)15(12(10)3)7-6-14-9-16(14)17(18)19-5/h8,14,16H,6-7,9H2,1-5H3. The lowest BCUT2D eigenvalue weighted by Crippen LogP contribution is -2.05. The quantitative estimate of drug-likeness (QED) is 0.772. The number of rotatable bonds is 4. The first-order valence-electron chi connectivity index (χ1n) is 7.09. The molecule has 1 saturated carbocycles. The third kappa shape index (κ3) is 2.83. The Morgan fingerprint density at radius 3 is 2.32 bits per heavy atom. The molecule has 2 nitrogen and oxygen atoms in total. The lowest BCUT2D eigenvalue weighted by Gasteiger charge is -2.15. The summed E-state index contributed by atoms with van der Waals surface area (Å²) in [7, 11) is 1.48. The van der Waals surface area contributed by atoms with Crippen molar-refractivity contribution in [3.8, 4) is 0 Å². The Morgan fingerprint density at radius 2 is 1.79 bits per heavy atom. The fourth-order valence-electron chi connectivity index (χ4n) is 3.01. The highest BCUT2D eigenvalue weighted by atomic mass is 16.5. The van der Waals surface area contributed by atoms with E-state index >= 15 is 0 Å². The monoisotopic (exact) mass is 260 g/mol. The third-order valence-corrected chi connectivity index (χ3v) is 4.71. The van der Waals surface area contributed by atoms with E-state index in [9.17, 15) is 4.79 Å². The molecule has 1 fully saturated rings. The van der Waals surface area contributed by atoms with Gasteiger partial charge in [0.15, 0.2) is 0 Å². The van der Waals surface area contributed by atoms with E-state index < -0.39 is 0 Å². The zero-order valence-corrected chi connectivity index (χ0v) is 12.7. The molecular formula is C17H24O2. The van der Waals surface area contributed by atoms with Gasteiger partial charge in [-0.1, -0.05) is 6.07 Å². The van der Waals surface area contributed by atoms with Gasteiger partial charge < -0.3 is 4.74 Å². The fraction of sp³-hybridized carbons (Fsp3) is 0.588. The number of methoxy groups -OCH3 is 1. The summed E-state index contributed by atoms with van der Waals surface area (Å²) >= 11 is 0. The van der Waals surface area contributed by atoms with Crippen molar-refractivity contribution in [1.82, 2.24) is 0 Å².